The number of nitrogens with zero attached hydrogens (tertiary/aromatic N) is 3. The predicted octanol–water partition coefficient (Wildman–Crippen LogP) is 4.96. The maximum Gasteiger partial charge on any atom is 0.161 e. The molecule has 0 fully saturated rings. The van der Waals surface area contributed by atoms with Crippen LogP contribution in [0.3, 0.4) is 0 Å². The maximum atomic E-state index is 12.2. The van der Waals surface area contributed by atoms with Gasteiger partial charge in [-0.1, -0.05) is 20.8 Å². The van der Waals surface area contributed by atoms with Gasteiger partial charge >= 0.3 is 0 Å². The minimum Gasteiger partial charge on any atom is -0.346 e. The largest absolute Gasteiger partial charge is 0.346 e. The van der Waals surface area contributed by atoms with E-state index >= 15 is 0 Å². The number of rotatable bonds is 3. The Morgan fingerprint density at radius 3 is 2.28 bits per heavy atom. The molecular weight excluding hydrogens is 310 g/mol. The van der Waals surface area contributed by atoms with Crippen molar-refractivity contribution in [1.82, 2.24) is 14.5 Å². The van der Waals surface area contributed by atoms with E-state index < -0.39 is 0 Å². The quantitative estimate of drug-likeness (QED) is 0.635. The second-order valence-corrected chi connectivity index (χ2v) is 8.00. The molecule has 1 aromatic carbocycles. The van der Waals surface area contributed by atoms with Crippen molar-refractivity contribution in [1.29, 1.82) is 0 Å². The van der Waals surface area contributed by atoms with Crippen LogP contribution in [0.4, 0.5) is 0 Å². The second kappa shape index (κ2) is 6.10. The van der Waals surface area contributed by atoms with Gasteiger partial charge in [0.15, 0.2) is 5.78 Å². The molecule has 2 heterocycles. The number of hydrogen-bond donors (Lipinski definition) is 0. The number of aryl methyl sites for hydroxylation is 2. The number of Topliss-reactive ketones (excluding diaryl/α,β-unsaturated/α-hetero) is 1. The van der Waals surface area contributed by atoms with Gasteiger partial charge in [-0.25, -0.2) is 9.97 Å². The lowest BCUT2D eigenvalue weighted by atomic mass is 9.96. The first-order valence-electron chi connectivity index (χ1n) is 8.59. The predicted molar refractivity (Wildman–Crippen MR) is 102 cm³/mol. The Morgan fingerprint density at radius 2 is 1.72 bits per heavy atom. The number of carbonyl (C=O) groups excluding carboxylic acids is 1. The van der Waals surface area contributed by atoms with E-state index in [1.54, 1.807) is 6.92 Å². The summed E-state index contributed by atoms with van der Waals surface area (Å²) in [5.74, 6) is 0.844. The molecule has 130 valence electrons. The van der Waals surface area contributed by atoms with Crippen molar-refractivity contribution in [2.24, 2.45) is 5.41 Å². The van der Waals surface area contributed by atoms with Crippen molar-refractivity contribution >= 4 is 16.7 Å². The molecule has 25 heavy (non-hydrogen) atoms. The second-order valence-electron chi connectivity index (χ2n) is 8.00. The van der Waals surface area contributed by atoms with Gasteiger partial charge in [-0.15, -0.1) is 0 Å². The molecule has 2 aromatic heterocycles. The van der Waals surface area contributed by atoms with Gasteiger partial charge in [0, 0.05) is 41.6 Å². The van der Waals surface area contributed by atoms with Crippen LogP contribution in [0, 0.1) is 19.3 Å². The molecule has 4 heteroatoms. The van der Waals surface area contributed by atoms with E-state index in [1.807, 2.05) is 25.5 Å². The Labute approximate surface area is 148 Å². The third-order valence-electron chi connectivity index (χ3n) is 4.30. The minimum atomic E-state index is 0.0920. The third-order valence-corrected chi connectivity index (χ3v) is 4.30. The summed E-state index contributed by atoms with van der Waals surface area (Å²) in [6.45, 7) is 13.1. The van der Waals surface area contributed by atoms with Crippen molar-refractivity contribution < 1.29 is 4.79 Å². The molecule has 4 nitrogen and oxygen atoms in total. The van der Waals surface area contributed by atoms with Gasteiger partial charge in [0.25, 0.3) is 0 Å². The van der Waals surface area contributed by atoms with Gasteiger partial charge in [-0.05, 0) is 49.4 Å². The van der Waals surface area contributed by atoms with Crippen LogP contribution in [0.2, 0.25) is 0 Å². The molecule has 0 spiro atoms. The zero-order valence-electron chi connectivity index (χ0n) is 15.8. The molecule has 0 amide bonds. The third kappa shape index (κ3) is 3.48. The highest BCUT2D eigenvalue weighted by Crippen LogP contribution is 2.32. The molecule has 0 N–H and O–H groups in total. The first kappa shape index (κ1) is 17.3. The summed E-state index contributed by atoms with van der Waals surface area (Å²) in [5, 5.41) is 1.01. The molecule has 0 bridgehead atoms. The number of carbonyl (C=O) groups is 1. The van der Waals surface area contributed by atoms with Gasteiger partial charge in [0.1, 0.15) is 5.82 Å². The Balaban J connectivity index is 2.24. The van der Waals surface area contributed by atoms with Crippen molar-refractivity contribution in [3.8, 4) is 11.1 Å². The van der Waals surface area contributed by atoms with Gasteiger partial charge in [0.05, 0.1) is 5.52 Å². The Kier molecular flexibility index (Phi) is 4.23. The summed E-state index contributed by atoms with van der Waals surface area (Å²) in [4.78, 5) is 20.8. The molecule has 3 aromatic rings. The van der Waals surface area contributed by atoms with E-state index in [1.165, 1.54) is 0 Å². The molecule has 0 radical (unpaired) electrons. The summed E-state index contributed by atoms with van der Waals surface area (Å²) in [6.07, 6.45) is 5.67. The van der Waals surface area contributed by atoms with Crippen molar-refractivity contribution in [3.05, 3.63) is 47.7 Å². The van der Waals surface area contributed by atoms with Crippen LogP contribution >= 0.6 is 0 Å². The molecule has 0 saturated heterocycles. The summed E-state index contributed by atoms with van der Waals surface area (Å²) >= 11 is 0. The fourth-order valence-corrected chi connectivity index (χ4v) is 3.28. The number of ketones is 1. The van der Waals surface area contributed by atoms with Crippen molar-refractivity contribution in [2.45, 2.75) is 48.1 Å². The zero-order valence-corrected chi connectivity index (χ0v) is 15.8. The monoisotopic (exact) mass is 335 g/mol. The van der Waals surface area contributed by atoms with E-state index in [4.69, 9.17) is 0 Å². The molecule has 0 saturated carbocycles. The highest BCUT2D eigenvalue weighted by molar-refractivity contribution is 6.08. The van der Waals surface area contributed by atoms with Gasteiger partial charge in [-0.2, -0.15) is 0 Å². The average Bonchev–Trinajstić information content (AvgIpc) is 2.85. The van der Waals surface area contributed by atoms with Crippen molar-refractivity contribution in [3.63, 3.8) is 0 Å². The minimum absolute atomic E-state index is 0.0920. The van der Waals surface area contributed by atoms with E-state index in [-0.39, 0.29) is 11.2 Å². The van der Waals surface area contributed by atoms with E-state index in [2.05, 4.69) is 54.4 Å². The fourth-order valence-electron chi connectivity index (χ4n) is 3.28. The molecule has 0 aliphatic rings. The molecule has 0 atom stereocenters. The van der Waals surface area contributed by atoms with Crippen molar-refractivity contribution in [2.75, 3.05) is 0 Å². The van der Waals surface area contributed by atoms with E-state index in [0.29, 0.717) is 0 Å². The molecular formula is C21H25N3O. The van der Waals surface area contributed by atoms with E-state index in [0.717, 1.165) is 45.5 Å². The van der Waals surface area contributed by atoms with Gasteiger partial charge in [0.2, 0.25) is 0 Å². The first-order chi connectivity index (χ1) is 11.7. The molecule has 0 aliphatic heterocycles. The van der Waals surface area contributed by atoms with Gasteiger partial charge in [-0.3, -0.25) is 4.79 Å². The normalized spacial score (nSPS) is 11.9. The Morgan fingerprint density at radius 1 is 1.08 bits per heavy atom. The number of benzene rings is 1. The number of hydrogen-bond acceptors (Lipinski definition) is 3. The molecule has 0 unspecified atom stereocenters. The maximum absolute atomic E-state index is 12.2. The first-order valence-corrected chi connectivity index (χ1v) is 8.59. The van der Waals surface area contributed by atoms with Crippen LogP contribution in [-0.4, -0.2) is 20.3 Å². The SMILES string of the molecule is CC(=O)c1cn(CC(C)(C)C)c2c(C)cc(-c3cnc(C)nc3)cc12. The fraction of sp³-hybridized carbons (Fsp3) is 0.381. The lowest BCUT2D eigenvalue weighted by Gasteiger charge is -2.20. The van der Waals surface area contributed by atoms with Crippen LogP contribution < -0.4 is 0 Å². The summed E-state index contributed by atoms with van der Waals surface area (Å²) in [7, 11) is 0. The highest BCUT2D eigenvalue weighted by atomic mass is 16.1. The van der Waals surface area contributed by atoms with Crippen LogP contribution in [0.25, 0.3) is 22.0 Å². The molecule has 3 rings (SSSR count). The van der Waals surface area contributed by atoms with Crippen LogP contribution in [0.5, 0.6) is 0 Å². The topological polar surface area (TPSA) is 47.8 Å². The van der Waals surface area contributed by atoms with Crippen LogP contribution in [-0.2, 0) is 6.54 Å². The lowest BCUT2D eigenvalue weighted by molar-refractivity contribution is 0.101. The van der Waals surface area contributed by atoms with E-state index in [9.17, 15) is 4.79 Å². The lowest BCUT2D eigenvalue weighted by Crippen LogP contribution is -2.15. The van der Waals surface area contributed by atoms with Crippen LogP contribution in [0.15, 0.2) is 30.7 Å². The van der Waals surface area contributed by atoms with Crippen LogP contribution in [0.1, 0.15) is 49.4 Å². The summed E-state index contributed by atoms with van der Waals surface area (Å²) in [5.41, 5.74) is 5.21. The smallest absolute Gasteiger partial charge is 0.161 e. The Bertz CT molecular complexity index is 944. The Hall–Kier alpha value is -2.49. The van der Waals surface area contributed by atoms with Gasteiger partial charge < -0.3 is 4.57 Å². The average molecular weight is 335 g/mol. The summed E-state index contributed by atoms with van der Waals surface area (Å²) in [6, 6.07) is 4.24. The number of aromatic nitrogens is 3. The highest BCUT2D eigenvalue weighted by Gasteiger charge is 2.19. The number of fused-ring (bicyclic) bond motifs is 1. The zero-order chi connectivity index (χ0) is 18.4. The summed E-state index contributed by atoms with van der Waals surface area (Å²) < 4.78 is 2.22. The standard InChI is InChI=1S/C21H25N3O/c1-13-7-16(17-9-22-15(3)23-10-17)8-18-19(14(2)25)11-24(20(13)18)12-21(4,5)6/h7-11H,12H2,1-6H3. The molecule has 0 aliphatic carbocycles.